The van der Waals surface area contributed by atoms with Gasteiger partial charge in [0, 0.05) is 11.3 Å². The number of amides is 1. The van der Waals surface area contributed by atoms with Crippen molar-refractivity contribution in [3.8, 4) is 5.75 Å². The first-order valence-corrected chi connectivity index (χ1v) is 11.8. The summed E-state index contributed by atoms with van der Waals surface area (Å²) in [5.74, 6) is 0.310. The first kappa shape index (κ1) is 23.3. The van der Waals surface area contributed by atoms with Gasteiger partial charge < -0.3 is 10.1 Å². The molecule has 0 atom stereocenters. The van der Waals surface area contributed by atoms with Gasteiger partial charge in [0.2, 0.25) is 0 Å². The summed E-state index contributed by atoms with van der Waals surface area (Å²) in [7, 11) is -3.87. The molecule has 0 aliphatic rings. The topological polar surface area (TPSA) is 84.5 Å². The van der Waals surface area contributed by atoms with E-state index < -0.39 is 15.9 Å². The number of aryl methyl sites for hydroxylation is 3. The number of rotatable bonds is 7. The van der Waals surface area contributed by atoms with Crippen molar-refractivity contribution < 1.29 is 17.9 Å². The van der Waals surface area contributed by atoms with Crippen LogP contribution in [0.5, 0.6) is 5.75 Å². The van der Waals surface area contributed by atoms with Crippen LogP contribution in [0.25, 0.3) is 0 Å². The third-order valence-corrected chi connectivity index (χ3v) is 6.36. The Balaban J connectivity index is 1.82. The average molecular weight is 453 g/mol. The Morgan fingerprint density at radius 3 is 2.19 bits per heavy atom. The van der Waals surface area contributed by atoms with E-state index in [1.165, 1.54) is 6.07 Å². The first-order valence-electron chi connectivity index (χ1n) is 10.3. The monoisotopic (exact) mass is 452 g/mol. The molecule has 0 fully saturated rings. The molecule has 0 saturated carbocycles. The molecule has 32 heavy (non-hydrogen) atoms. The molecule has 0 aromatic heterocycles. The van der Waals surface area contributed by atoms with Gasteiger partial charge in [-0.05, 0) is 88.2 Å². The molecule has 6 nitrogen and oxygen atoms in total. The van der Waals surface area contributed by atoms with Crippen LogP contribution in [-0.2, 0) is 10.0 Å². The van der Waals surface area contributed by atoms with E-state index in [9.17, 15) is 13.2 Å². The number of benzene rings is 3. The van der Waals surface area contributed by atoms with Crippen LogP contribution in [0.15, 0.2) is 65.6 Å². The fourth-order valence-corrected chi connectivity index (χ4v) is 4.65. The van der Waals surface area contributed by atoms with Crippen molar-refractivity contribution in [2.24, 2.45) is 0 Å². The minimum absolute atomic E-state index is 0.0562. The smallest absolute Gasteiger partial charge is 0.262 e. The highest BCUT2D eigenvalue weighted by Crippen LogP contribution is 2.24. The van der Waals surface area contributed by atoms with Crippen LogP contribution in [0.1, 0.15) is 40.9 Å². The fourth-order valence-electron chi connectivity index (χ4n) is 3.25. The molecule has 0 aliphatic carbocycles. The maximum atomic E-state index is 13.1. The lowest BCUT2D eigenvalue weighted by Crippen LogP contribution is -2.17. The van der Waals surface area contributed by atoms with E-state index in [1.54, 1.807) is 49.4 Å². The Kier molecular flexibility index (Phi) is 6.89. The average Bonchev–Trinajstić information content (AvgIpc) is 2.71. The van der Waals surface area contributed by atoms with E-state index >= 15 is 0 Å². The van der Waals surface area contributed by atoms with Crippen molar-refractivity contribution >= 4 is 27.3 Å². The van der Waals surface area contributed by atoms with Crippen LogP contribution < -0.4 is 14.8 Å². The third-order valence-electron chi connectivity index (χ3n) is 4.85. The maximum Gasteiger partial charge on any atom is 0.262 e. The van der Waals surface area contributed by atoms with Gasteiger partial charge in [0.1, 0.15) is 5.75 Å². The minimum Gasteiger partial charge on any atom is -0.491 e. The molecule has 0 aliphatic heterocycles. The molecule has 3 aromatic carbocycles. The van der Waals surface area contributed by atoms with E-state index in [0.29, 0.717) is 22.7 Å². The number of anilines is 2. The van der Waals surface area contributed by atoms with Crippen molar-refractivity contribution in [2.75, 3.05) is 10.0 Å². The molecule has 1 amide bonds. The second-order valence-corrected chi connectivity index (χ2v) is 9.70. The molecule has 3 aromatic rings. The molecule has 0 bridgehead atoms. The predicted molar refractivity (Wildman–Crippen MR) is 128 cm³/mol. The van der Waals surface area contributed by atoms with Gasteiger partial charge in [-0.15, -0.1) is 0 Å². The number of hydrogen-bond donors (Lipinski definition) is 2. The summed E-state index contributed by atoms with van der Waals surface area (Å²) in [5, 5.41) is 2.79. The minimum atomic E-state index is -3.87. The zero-order valence-corrected chi connectivity index (χ0v) is 19.7. The normalized spacial score (nSPS) is 11.3. The van der Waals surface area contributed by atoms with Gasteiger partial charge in [-0.1, -0.05) is 23.8 Å². The highest BCUT2D eigenvalue weighted by Gasteiger charge is 2.20. The van der Waals surface area contributed by atoms with Crippen LogP contribution in [-0.4, -0.2) is 20.4 Å². The molecular formula is C25H28N2O4S. The van der Waals surface area contributed by atoms with Gasteiger partial charge in [-0.2, -0.15) is 0 Å². The fraction of sp³-hybridized carbons (Fsp3) is 0.240. The number of hydrogen-bond acceptors (Lipinski definition) is 4. The SMILES string of the molecule is Cc1ccc(NS(=O)(=O)c2cc(C(=O)Nc3ccc(OC(C)C)cc3)ccc2C)c(C)c1. The van der Waals surface area contributed by atoms with Crippen molar-refractivity contribution in [3.05, 3.63) is 82.9 Å². The zero-order chi connectivity index (χ0) is 23.5. The van der Waals surface area contributed by atoms with E-state index in [-0.39, 0.29) is 16.6 Å². The summed E-state index contributed by atoms with van der Waals surface area (Å²) in [5.41, 5.74) is 3.76. The molecule has 0 saturated heterocycles. The van der Waals surface area contributed by atoms with E-state index in [0.717, 1.165) is 11.1 Å². The number of nitrogens with one attached hydrogen (secondary N) is 2. The molecule has 0 heterocycles. The van der Waals surface area contributed by atoms with Gasteiger partial charge in [-0.25, -0.2) is 8.42 Å². The molecule has 0 radical (unpaired) electrons. The molecular weight excluding hydrogens is 424 g/mol. The van der Waals surface area contributed by atoms with E-state index in [1.807, 2.05) is 39.8 Å². The zero-order valence-electron chi connectivity index (χ0n) is 18.9. The van der Waals surface area contributed by atoms with Crippen LogP contribution in [0.4, 0.5) is 11.4 Å². The standard InChI is InChI=1S/C25H28N2O4S/c1-16(2)31-22-11-9-21(10-12-22)26-25(28)20-8-7-18(4)24(15-20)32(29,30)27-23-13-6-17(3)14-19(23)5/h6-16,27H,1-5H3,(H,26,28). The molecule has 2 N–H and O–H groups in total. The Bertz CT molecular complexity index is 1230. The summed E-state index contributed by atoms with van der Waals surface area (Å²) >= 11 is 0. The van der Waals surface area contributed by atoms with Gasteiger partial charge in [0.25, 0.3) is 15.9 Å². The van der Waals surface area contributed by atoms with Crippen LogP contribution in [0, 0.1) is 20.8 Å². The van der Waals surface area contributed by atoms with Crippen molar-refractivity contribution in [1.29, 1.82) is 0 Å². The number of ether oxygens (including phenoxy) is 1. The van der Waals surface area contributed by atoms with Crippen LogP contribution >= 0.6 is 0 Å². The summed E-state index contributed by atoms with van der Waals surface area (Å²) in [4.78, 5) is 12.8. The number of carbonyl (C=O) groups excluding carboxylic acids is 1. The quantitative estimate of drug-likeness (QED) is 0.499. The van der Waals surface area contributed by atoms with Crippen molar-refractivity contribution in [1.82, 2.24) is 0 Å². The number of sulfonamides is 1. The van der Waals surface area contributed by atoms with Gasteiger partial charge >= 0.3 is 0 Å². The third kappa shape index (κ3) is 5.68. The van der Waals surface area contributed by atoms with Crippen molar-refractivity contribution in [3.63, 3.8) is 0 Å². The summed E-state index contributed by atoms with van der Waals surface area (Å²) in [6.07, 6.45) is 0.0562. The van der Waals surface area contributed by atoms with Crippen molar-refractivity contribution in [2.45, 2.75) is 45.6 Å². The Morgan fingerprint density at radius 2 is 1.56 bits per heavy atom. The second kappa shape index (κ2) is 9.44. The van der Waals surface area contributed by atoms with Crippen LogP contribution in [0.2, 0.25) is 0 Å². The lowest BCUT2D eigenvalue weighted by Gasteiger charge is -2.14. The Morgan fingerprint density at radius 1 is 0.875 bits per heavy atom. The second-order valence-electron chi connectivity index (χ2n) is 8.05. The van der Waals surface area contributed by atoms with Gasteiger partial charge in [-0.3, -0.25) is 9.52 Å². The highest BCUT2D eigenvalue weighted by atomic mass is 32.2. The number of carbonyl (C=O) groups is 1. The van der Waals surface area contributed by atoms with Crippen LogP contribution in [0.3, 0.4) is 0 Å². The summed E-state index contributed by atoms with van der Waals surface area (Å²) in [6.45, 7) is 9.37. The molecule has 168 valence electrons. The van der Waals surface area contributed by atoms with E-state index in [2.05, 4.69) is 10.0 Å². The lowest BCUT2D eigenvalue weighted by molar-refractivity contribution is 0.102. The lowest BCUT2D eigenvalue weighted by atomic mass is 10.1. The molecule has 3 rings (SSSR count). The van der Waals surface area contributed by atoms with Gasteiger partial charge in [0.15, 0.2) is 0 Å². The predicted octanol–water partition coefficient (Wildman–Crippen LogP) is 5.45. The highest BCUT2D eigenvalue weighted by molar-refractivity contribution is 7.92. The molecule has 0 spiro atoms. The van der Waals surface area contributed by atoms with Gasteiger partial charge in [0.05, 0.1) is 16.7 Å². The summed E-state index contributed by atoms with van der Waals surface area (Å²) in [6, 6.07) is 17.1. The maximum absolute atomic E-state index is 13.1. The molecule has 7 heteroatoms. The summed E-state index contributed by atoms with van der Waals surface area (Å²) < 4.78 is 34.4. The Labute approximate surface area is 189 Å². The first-order chi connectivity index (χ1) is 15.0. The van der Waals surface area contributed by atoms with E-state index in [4.69, 9.17) is 4.74 Å². The largest absolute Gasteiger partial charge is 0.491 e. The molecule has 0 unspecified atom stereocenters. The Hall–Kier alpha value is -3.32.